The summed E-state index contributed by atoms with van der Waals surface area (Å²) in [5.74, 6) is -0.343. The van der Waals surface area contributed by atoms with Gasteiger partial charge in [-0.25, -0.2) is 4.39 Å². The average Bonchev–Trinajstić information content (AvgIpc) is 2.30. The van der Waals surface area contributed by atoms with E-state index >= 15 is 0 Å². The molecule has 0 saturated carbocycles. The van der Waals surface area contributed by atoms with E-state index in [9.17, 15) is 4.39 Å². The van der Waals surface area contributed by atoms with Crippen molar-refractivity contribution in [3.05, 3.63) is 34.6 Å². The lowest BCUT2D eigenvalue weighted by Crippen LogP contribution is -2.39. The quantitative estimate of drug-likeness (QED) is 0.884. The van der Waals surface area contributed by atoms with Crippen molar-refractivity contribution < 1.29 is 9.13 Å². The highest BCUT2D eigenvalue weighted by molar-refractivity contribution is 6.31. The maximum Gasteiger partial charge on any atom is 0.123 e. The Morgan fingerprint density at radius 2 is 2.19 bits per heavy atom. The first-order valence-electron chi connectivity index (χ1n) is 5.20. The van der Waals surface area contributed by atoms with Gasteiger partial charge in [-0.1, -0.05) is 18.5 Å². The Kier molecular flexibility index (Phi) is 4.30. The van der Waals surface area contributed by atoms with E-state index in [2.05, 4.69) is 0 Å². The van der Waals surface area contributed by atoms with Gasteiger partial charge in [0.15, 0.2) is 0 Å². The molecule has 4 heteroatoms. The minimum Gasteiger partial charge on any atom is -0.377 e. The molecule has 2 nitrogen and oxygen atoms in total. The predicted molar refractivity (Wildman–Crippen MR) is 64.0 cm³/mol. The van der Waals surface area contributed by atoms with Gasteiger partial charge in [0, 0.05) is 12.1 Å². The second kappa shape index (κ2) is 5.13. The Labute approximate surface area is 101 Å². The molecule has 0 aromatic heterocycles. The lowest BCUT2D eigenvalue weighted by molar-refractivity contribution is -0.0195. The summed E-state index contributed by atoms with van der Waals surface area (Å²) in [6.45, 7) is 3.86. The fourth-order valence-electron chi connectivity index (χ4n) is 1.57. The SMILES string of the molecule is CCC(C)(OC)C(N)c1cc(F)ccc1Cl. The van der Waals surface area contributed by atoms with Crippen LogP contribution in [0, 0.1) is 5.82 Å². The van der Waals surface area contributed by atoms with Gasteiger partial charge in [-0.05, 0) is 37.1 Å². The summed E-state index contributed by atoms with van der Waals surface area (Å²) in [7, 11) is 1.59. The maximum absolute atomic E-state index is 13.1. The fraction of sp³-hybridized carbons (Fsp3) is 0.500. The molecule has 0 aliphatic heterocycles. The number of hydrogen-bond acceptors (Lipinski definition) is 2. The van der Waals surface area contributed by atoms with Crippen molar-refractivity contribution in [2.45, 2.75) is 31.9 Å². The summed E-state index contributed by atoms with van der Waals surface area (Å²) < 4.78 is 18.5. The van der Waals surface area contributed by atoms with Crippen LogP contribution in [0.25, 0.3) is 0 Å². The summed E-state index contributed by atoms with van der Waals surface area (Å²) in [5, 5.41) is 0.464. The van der Waals surface area contributed by atoms with Gasteiger partial charge >= 0.3 is 0 Å². The van der Waals surface area contributed by atoms with Gasteiger partial charge in [0.2, 0.25) is 0 Å². The molecule has 0 radical (unpaired) electrons. The van der Waals surface area contributed by atoms with Gasteiger partial charge in [0.25, 0.3) is 0 Å². The van der Waals surface area contributed by atoms with Crippen molar-refractivity contribution in [2.24, 2.45) is 5.73 Å². The van der Waals surface area contributed by atoms with Crippen LogP contribution in [0.4, 0.5) is 4.39 Å². The van der Waals surface area contributed by atoms with Crippen molar-refractivity contribution in [3.8, 4) is 0 Å². The minimum atomic E-state index is -0.544. The number of methoxy groups -OCH3 is 1. The first kappa shape index (κ1) is 13.4. The molecule has 2 atom stereocenters. The van der Waals surface area contributed by atoms with E-state index in [1.165, 1.54) is 18.2 Å². The van der Waals surface area contributed by atoms with Gasteiger partial charge in [-0.15, -0.1) is 0 Å². The molecule has 0 spiro atoms. The van der Waals surface area contributed by atoms with Crippen molar-refractivity contribution in [3.63, 3.8) is 0 Å². The third-order valence-corrected chi connectivity index (χ3v) is 3.46. The summed E-state index contributed by atoms with van der Waals surface area (Å²) in [6.07, 6.45) is 0.720. The normalized spacial score (nSPS) is 16.9. The molecule has 1 aromatic carbocycles. The third kappa shape index (κ3) is 2.54. The predicted octanol–water partition coefficient (Wildman–Crippen LogP) is 3.29. The van der Waals surface area contributed by atoms with Crippen LogP contribution in [0.3, 0.4) is 0 Å². The maximum atomic E-state index is 13.1. The Hall–Kier alpha value is -0.640. The molecule has 0 amide bonds. The van der Waals surface area contributed by atoms with E-state index in [1.807, 2.05) is 13.8 Å². The van der Waals surface area contributed by atoms with E-state index in [4.69, 9.17) is 22.1 Å². The molecule has 2 N–H and O–H groups in total. The Balaban J connectivity index is 3.12. The summed E-state index contributed by atoms with van der Waals surface area (Å²) in [6, 6.07) is 3.73. The average molecular weight is 246 g/mol. The Bertz CT molecular complexity index is 366. The molecular formula is C12H17ClFNO. The van der Waals surface area contributed by atoms with E-state index in [-0.39, 0.29) is 5.82 Å². The van der Waals surface area contributed by atoms with Crippen LogP contribution in [-0.4, -0.2) is 12.7 Å². The molecule has 0 bridgehead atoms. The summed E-state index contributed by atoms with van der Waals surface area (Å²) in [5.41, 5.74) is 6.12. The molecule has 0 aliphatic rings. The fourth-order valence-corrected chi connectivity index (χ4v) is 1.81. The second-order valence-electron chi connectivity index (χ2n) is 4.01. The largest absolute Gasteiger partial charge is 0.377 e. The first-order chi connectivity index (χ1) is 7.44. The van der Waals surface area contributed by atoms with E-state index in [0.29, 0.717) is 10.6 Å². The topological polar surface area (TPSA) is 35.2 Å². The zero-order chi connectivity index (χ0) is 12.3. The smallest absolute Gasteiger partial charge is 0.123 e. The van der Waals surface area contributed by atoms with Crippen LogP contribution in [0.15, 0.2) is 18.2 Å². The van der Waals surface area contributed by atoms with Gasteiger partial charge < -0.3 is 10.5 Å². The number of halogens is 2. The second-order valence-corrected chi connectivity index (χ2v) is 4.42. The Morgan fingerprint density at radius 3 is 2.69 bits per heavy atom. The monoisotopic (exact) mass is 245 g/mol. The molecule has 0 heterocycles. The van der Waals surface area contributed by atoms with Gasteiger partial charge in [0.1, 0.15) is 5.82 Å². The molecule has 0 aliphatic carbocycles. The van der Waals surface area contributed by atoms with Crippen LogP contribution < -0.4 is 5.73 Å². The molecule has 0 saturated heterocycles. The van der Waals surface area contributed by atoms with Crippen LogP contribution in [0.2, 0.25) is 5.02 Å². The van der Waals surface area contributed by atoms with E-state index in [0.717, 1.165) is 6.42 Å². The van der Waals surface area contributed by atoms with Crippen molar-refractivity contribution in [1.29, 1.82) is 0 Å². The van der Waals surface area contributed by atoms with Gasteiger partial charge in [-0.3, -0.25) is 0 Å². The number of benzene rings is 1. The molecule has 2 unspecified atom stereocenters. The molecule has 1 rings (SSSR count). The number of nitrogens with two attached hydrogens (primary N) is 1. The standard InChI is InChI=1S/C12H17ClFNO/c1-4-12(2,16-3)11(15)9-7-8(14)5-6-10(9)13/h5-7,11H,4,15H2,1-3H3. The number of rotatable bonds is 4. The zero-order valence-electron chi connectivity index (χ0n) is 9.76. The highest BCUT2D eigenvalue weighted by Crippen LogP contribution is 2.33. The van der Waals surface area contributed by atoms with Gasteiger partial charge in [0.05, 0.1) is 11.6 Å². The molecular weight excluding hydrogens is 229 g/mol. The third-order valence-electron chi connectivity index (χ3n) is 3.12. The van der Waals surface area contributed by atoms with Crippen LogP contribution in [0.5, 0.6) is 0 Å². The van der Waals surface area contributed by atoms with Crippen molar-refractivity contribution >= 4 is 11.6 Å². The highest BCUT2D eigenvalue weighted by Gasteiger charge is 2.32. The van der Waals surface area contributed by atoms with Gasteiger partial charge in [-0.2, -0.15) is 0 Å². The van der Waals surface area contributed by atoms with Crippen LogP contribution in [-0.2, 0) is 4.74 Å². The minimum absolute atomic E-state index is 0.343. The summed E-state index contributed by atoms with van der Waals surface area (Å²) in [4.78, 5) is 0. The first-order valence-corrected chi connectivity index (χ1v) is 5.58. The molecule has 16 heavy (non-hydrogen) atoms. The van der Waals surface area contributed by atoms with Crippen molar-refractivity contribution in [1.82, 2.24) is 0 Å². The highest BCUT2D eigenvalue weighted by atomic mass is 35.5. The van der Waals surface area contributed by atoms with Crippen LogP contribution >= 0.6 is 11.6 Å². The number of ether oxygens (including phenoxy) is 1. The lowest BCUT2D eigenvalue weighted by Gasteiger charge is -2.33. The van der Waals surface area contributed by atoms with Crippen LogP contribution in [0.1, 0.15) is 31.9 Å². The van der Waals surface area contributed by atoms with E-state index in [1.54, 1.807) is 7.11 Å². The van der Waals surface area contributed by atoms with Crippen molar-refractivity contribution in [2.75, 3.05) is 7.11 Å². The Morgan fingerprint density at radius 1 is 1.56 bits per heavy atom. The number of hydrogen-bond donors (Lipinski definition) is 1. The van der Waals surface area contributed by atoms with E-state index < -0.39 is 11.6 Å². The summed E-state index contributed by atoms with van der Waals surface area (Å²) >= 11 is 6.01. The molecule has 90 valence electrons. The molecule has 1 aromatic rings. The molecule has 0 fully saturated rings. The lowest BCUT2D eigenvalue weighted by atomic mass is 9.88. The zero-order valence-corrected chi connectivity index (χ0v) is 10.5.